The van der Waals surface area contributed by atoms with Crippen LogP contribution < -0.4 is 10.6 Å². The van der Waals surface area contributed by atoms with E-state index in [1.54, 1.807) is 0 Å². The van der Waals surface area contributed by atoms with Crippen LogP contribution in [-0.2, 0) is 4.74 Å². The molecule has 3 heteroatoms. The average Bonchev–Trinajstić information content (AvgIpc) is 2.64. The van der Waals surface area contributed by atoms with Crippen molar-refractivity contribution in [2.75, 3.05) is 0 Å². The third kappa shape index (κ3) is 2.75. The van der Waals surface area contributed by atoms with Gasteiger partial charge in [-0.05, 0) is 38.7 Å². The van der Waals surface area contributed by atoms with E-state index in [1.807, 2.05) is 6.92 Å². The number of aromatic amines is 1. The Hall–Kier alpha value is -1.51. The van der Waals surface area contributed by atoms with Gasteiger partial charge in [-0.1, -0.05) is 25.0 Å². The molecule has 0 aliphatic heterocycles. The Kier molecular flexibility index (Phi) is 3.72. The molecule has 0 atom stereocenters. The van der Waals surface area contributed by atoms with E-state index >= 15 is 0 Å². The van der Waals surface area contributed by atoms with Crippen LogP contribution in [0.15, 0.2) is 12.2 Å². The van der Waals surface area contributed by atoms with E-state index in [9.17, 15) is 0 Å². The molecule has 0 amide bonds. The summed E-state index contributed by atoms with van der Waals surface area (Å²) in [5.74, 6) is 1.10. The number of rotatable bonds is 2. The SMILES string of the molecule is Cc1n[nH]c2c1=C(OC1CCCCCC1)CC=CC=2. The minimum atomic E-state index is 0.395. The van der Waals surface area contributed by atoms with E-state index in [2.05, 4.69) is 28.4 Å². The van der Waals surface area contributed by atoms with Gasteiger partial charge in [-0.3, -0.25) is 5.10 Å². The van der Waals surface area contributed by atoms with Crippen molar-refractivity contribution in [1.29, 1.82) is 0 Å². The maximum Gasteiger partial charge on any atom is 0.111 e. The lowest BCUT2D eigenvalue weighted by molar-refractivity contribution is 0.142. The summed E-state index contributed by atoms with van der Waals surface area (Å²) in [5, 5.41) is 9.65. The van der Waals surface area contributed by atoms with Crippen LogP contribution >= 0.6 is 0 Å². The van der Waals surface area contributed by atoms with Gasteiger partial charge in [0.25, 0.3) is 0 Å². The van der Waals surface area contributed by atoms with E-state index in [0.29, 0.717) is 6.10 Å². The Balaban J connectivity index is 1.92. The van der Waals surface area contributed by atoms with Gasteiger partial charge in [0.2, 0.25) is 0 Å². The van der Waals surface area contributed by atoms with E-state index in [1.165, 1.54) is 43.7 Å². The summed E-state index contributed by atoms with van der Waals surface area (Å²) in [4.78, 5) is 0. The predicted molar refractivity (Wildman–Crippen MR) is 76.8 cm³/mol. The van der Waals surface area contributed by atoms with Crippen LogP contribution in [0.25, 0.3) is 11.8 Å². The van der Waals surface area contributed by atoms with Crippen LogP contribution in [0.1, 0.15) is 50.6 Å². The number of allylic oxidation sites excluding steroid dienone is 1. The highest BCUT2D eigenvalue weighted by molar-refractivity contribution is 5.48. The smallest absolute Gasteiger partial charge is 0.111 e. The van der Waals surface area contributed by atoms with Crippen LogP contribution in [0.5, 0.6) is 0 Å². The minimum Gasteiger partial charge on any atom is -0.494 e. The maximum absolute atomic E-state index is 6.34. The van der Waals surface area contributed by atoms with E-state index in [0.717, 1.165) is 23.2 Å². The molecule has 0 bridgehead atoms. The topological polar surface area (TPSA) is 37.9 Å². The maximum atomic E-state index is 6.34. The largest absolute Gasteiger partial charge is 0.494 e. The second kappa shape index (κ2) is 5.64. The molecular formula is C16H22N2O. The average molecular weight is 258 g/mol. The number of ether oxygens (including phenoxy) is 1. The van der Waals surface area contributed by atoms with Crippen LogP contribution in [-0.4, -0.2) is 16.3 Å². The van der Waals surface area contributed by atoms with Crippen molar-refractivity contribution in [1.82, 2.24) is 10.2 Å². The lowest BCUT2D eigenvalue weighted by Crippen LogP contribution is -2.28. The monoisotopic (exact) mass is 258 g/mol. The summed E-state index contributed by atoms with van der Waals surface area (Å²) in [7, 11) is 0. The zero-order valence-electron chi connectivity index (χ0n) is 11.6. The number of H-pyrrole nitrogens is 1. The Morgan fingerprint density at radius 2 is 2.00 bits per heavy atom. The quantitative estimate of drug-likeness (QED) is 0.827. The molecule has 3 rings (SSSR count). The molecule has 102 valence electrons. The highest BCUT2D eigenvalue weighted by Crippen LogP contribution is 2.23. The number of hydrogen-bond donors (Lipinski definition) is 1. The number of nitrogens with zero attached hydrogens (tertiary/aromatic N) is 1. The fourth-order valence-corrected chi connectivity index (χ4v) is 3.03. The third-order valence-electron chi connectivity index (χ3n) is 4.07. The zero-order valence-corrected chi connectivity index (χ0v) is 11.6. The molecule has 1 saturated carbocycles. The molecule has 0 saturated heterocycles. The Bertz CT molecular complexity index is 574. The van der Waals surface area contributed by atoms with Crippen LogP contribution in [0.4, 0.5) is 0 Å². The Labute approximate surface area is 114 Å². The predicted octanol–water partition coefficient (Wildman–Crippen LogP) is 2.31. The first-order valence-electron chi connectivity index (χ1n) is 7.42. The lowest BCUT2D eigenvalue weighted by Gasteiger charge is -2.18. The summed E-state index contributed by atoms with van der Waals surface area (Å²) in [5.41, 5.74) is 1.04. The molecule has 2 aliphatic carbocycles. The van der Waals surface area contributed by atoms with E-state index < -0.39 is 0 Å². The number of hydrogen-bond acceptors (Lipinski definition) is 2. The molecule has 2 aliphatic rings. The number of fused-ring (bicyclic) bond motifs is 1. The standard InChI is InChI=1S/C16H22N2O/c1-12-16-14(18-17-12)10-6-7-11-15(16)19-13-8-4-2-3-5-9-13/h6-7,10,13,18H,2-5,8-9,11H2,1H3. The summed E-state index contributed by atoms with van der Waals surface area (Å²) >= 11 is 0. The van der Waals surface area contributed by atoms with Crippen LogP contribution in [0.2, 0.25) is 0 Å². The van der Waals surface area contributed by atoms with Gasteiger partial charge in [0.05, 0.1) is 22.4 Å². The fraction of sp³-hybridized carbons (Fsp3) is 0.562. The molecule has 0 radical (unpaired) electrons. The number of aryl methyl sites for hydroxylation is 1. The molecular weight excluding hydrogens is 236 g/mol. The summed E-state index contributed by atoms with van der Waals surface area (Å²) in [6.45, 7) is 2.05. The molecule has 3 nitrogen and oxygen atoms in total. The lowest BCUT2D eigenvalue weighted by atomic mass is 10.1. The highest BCUT2D eigenvalue weighted by Gasteiger charge is 2.16. The number of aromatic nitrogens is 2. The summed E-state index contributed by atoms with van der Waals surface area (Å²) < 4.78 is 6.34. The van der Waals surface area contributed by atoms with Crippen molar-refractivity contribution < 1.29 is 4.74 Å². The first-order valence-corrected chi connectivity index (χ1v) is 7.42. The van der Waals surface area contributed by atoms with Crippen molar-refractivity contribution >= 4 is 11.8 Å². The van der Waals surface area contributed by atoms with Crippen LogP contribution in [0.3, 0.4) is 0 Å². The second-order valence-electron chi connectivity index (χ2n) is 5.55. The van der Waals surface area contributed by atoms with Gasteiger partial charge < -0.3 is 4.74 Å². The molecule has 19 heavy (non-hydrogen) atoms. The van der Waals surface area contributed by atoms with Gasteiger partial charge in [0, 0.05) is 6.42 Å². The van der Waals surface area contributed by atoms with Gasteiger partial charge in [0.15, 0.2) is 0 Å². The van der Waals surface area contributed by atoms with Crippen molar-refractivity contribution in [2.24, 2.45) is 0 Å². The second-order valence-corrected chi connectivity index (χ2v) is 5.55. The Morgan fingerprint density at radius 3 is 2.79 bits per heavy atom. The van der Waals surface area contributed by atoms with E-state index in [4.69, 9.17) is 4.74 Å². The minimum absolute atomic E-state index is 0.395. The fourth-order valence-electron chi connectivity index (χ4n) is 3.03. The van der Waals surface area contributed by atoms with Crippen molar-refractivity contribution in [3.63, 3.8) is 0 Å². The molecule has 1 heterocycles. The zero-order chi connectivity index (χ0) is 13.1. The molecule has 0 spiro atoms. The van der Waals surface area contributed by atoms with E-state index in [-0.39, 0.29) is 0 Å². The van der Waals surface area contributed by atoms with Gasteiger partial charge in [-0.15, -0.1) is 0 Å². The van der Waals surface area contributed by atoms with Gasteiger partial charge in [-0.2, -0.15) is 5.10 Å². The first kappa shape index (κ1) is 12.5. The summed E-state index contributed by atoms with van der Waals surface area (Å²) in [6.07, 6.45) is 15.3. The Morgan fingerprint density at radius 1 is 1.21 bits per heavy atom. The van der Waals surface area contributed by atoms with Crippen molar-refractivity contribution in [3.8, 4) is 0 Å². The third-order valence-corrected chi connectivity index (χ3v) is 4.07. The molecule has 0 aromatic carbocycles. The molecule has 1 fully saturated rings. The van der Waals surface area contributed by atoms with Gasteiger partial charge >= 0.3 is 0 Å². The highest BCUT2D eigenvalue weighted by atomic mass is 16.5. The first-order chi connectivity index (χ1) is 9.34. The van der Waals surface area contributed by atoms with Crippen LogP contribution in [0, 0.1) is 6.92 Å². The van der Waals surface area contributed by atoms with Gasteiger partial charge in [-0.25, -0.2) is 0 Å². The molecule has 0 unspecified atom stereocenters. The summed E-state index contributed by atoms with van der Waals surface area (Å²) in [6, 6.07) is 0. The molecule has 1 N–H and O–H groups in total. The molecule has 1 aromatic heterocycles. The molecule has 1 aromatic rings. The van der Waals surface area contributed by atoms with Crippen molar-refractivity contribution in [3.05, 3.63) is 28.4 Å². The normalized spacial score (nSPS) is 20.4. The van der Waals surface area contributed by atoms with Crippen molar-refractivity contribution in [2.45, 2.75) is 58.0 Å². The van der Waals surface area contributed by atoms with Gasteiger partial charge in [0.1, 0.15) is 5.76 Å². The number of nitrogens with one attached hydrogen (secondary N) is 1.